The minimum absolute atomic E-state index is 0.0604. The Bertz CT molecular complexity index is 559. The molecule has 0 aromatic carbocycles. The van der Waals surface area contributed by atoms with Crippen molar-refractivity contribution in [3.63, 3.8) is 0 Å². The van der Waals surface area contributed by atoms with Crippen molar-refractivity contribution in [3.05, 3.63) is 6.20 Å². The van der Waals surface area contributed by atoms with E-state index in [4.69, 9.17) is 10.5 Å². The van der Waals surface area contributed by atoms with E-state index in [1.807, 2.05) is 20.8 Å². The molecule has 1 aromatic heterocycles. The van der Waals surface area contributed by atoms with Gasteiger partial charge in [-0.1, -0.05) is 6.92 Å². The van der Waals surface area contributed by atoms with Gasteiger partial charge in [-0.05, 0) is 20.3 Å². The summed E-state index contributed by atoms with van der Waals surface area (Å²) in [7, 11) is -3.61. The van der Waals surface area contributed by atoms with Crippen molar-refractivity contribution in [3.8, 4) is 0 Å². The lowest BCUT2D eigenvalue weighted by Crippen LogP contribution is -2.48. The van der Waals surface area contributed by atoms with E-state index in [2.05, 4.69) is 5.10 Å². The molecule has 20 heavy (non-hydrogen) atoms. The Morgan fingerprint density at radius 2 is 2.00 bits per heavy atom. The molecular weight excluding hydrogens is 280 g/mol. The summed E-state index contributed by atoms with van der Waals surface area (Å²) in [5, 5.41) is 4.06. The summed E-state index contributed by atoms with van der Waals surface area (Å²) in [6.45, 7) is 7.05. The lowest BCUT2D eigenvalue weighted by atomic mass is 10.3. The van der Waals surface area contributed by atoms with E-state index in [0.717, 1.165) is 6.42 Å². The number of hydrogen-bond acceptors (Lipinski definition) is 5. The van der Waals surface area contributed by atoms with Crippen LogP contribution in [0.1, 0.15) is 27.2 Å². The molecule has 0 bridgehead atoms. The molecule has 0 saturated carbocycles. The van der Waals surface area contributed by atoms with Gasteiger partial charge in [0.25, 0.3) is 0 Å². The first-order chi connectivity index (χ1) is 9.34. The summed E-state index contributed by atoms with van der Waals surface area (Å²) >= 11 is 0. The van der Waals surface area contributed by atoms with Crippen LogP contribution in [-0.2, 0) is 21.3 Å². The molecule has 2 atom stereocenters. The molecular formula is C12H22N4O3S. The van der Waals surface area contributed by atoms with Crippen molar-refractivity contribution in [2.45, 2.75) is 50.8 Å². The summed E-state index contributed by atoms with van der Waals surface area (Å²) in [4.78, 5) is 0.0900. The molecule has 1 aromatic rings. The molecule has 2 unspecified atom stereocenters. The number of nitrogen functional groups attached to an aromatic ring is 1. The molecule has 2 N–H and O–H groups in total. The van der Waals surface area contributed by atoms with Crippen LogP contribution >= 0.6 is 0 Å². The number of nitrogens with zero attached hydrogens (tertiary/aromatic N) is 3. The molecule has 1 saturated heterocycles. The molecule has 114 valence electrons. The van der Waals surface area contributed by atoms with Gasteiger partial charge in [0, 0.05) is 25.8 Å². The fourth-order valence-corrected chi connectivity index (χ4v) is 4.08. The average Bonchev–Trinajstić information content (AvgIpc) is 2.70. The first-order valence-electron chi connectivity index (χ1n) is 6.83. The highest BCUT2D eigenvalue weighted by atomic mass is 32.2. The van der Waals surface area contributed by atoms with Gasteiger partial charge in [-0.25, -0.2) is 8.42 Å². The fraction of sp³-hybridized carbons (Fsp3) is 0.750. The molecule has 1 aliphatic heterocycles. The maximum absolute atomic E-state index is 12.7. The Morgan fingerprint density at radius 1 is 1.40 bits per heavy atom. The second-order valence-corrected chi connectivity index (χ2v) is 7.13. The number of ether oxygens (including phenoxy) is 1. The normalized spacial score (nSPS) is 24.9. The molecule has 8 heteroatoms. The van der Waals surface area contributed by atoms with Gasteiger partial charge < -0.3 is 10.5 Å². The Balaban J connectivity index is 2.30. The van der Waals surface area contributed by atoms with E-state index in [1.54, 1.807) is 4.68 Å². The van der Waals surface area contributed by atoms with Gasteiger partial charge in [-0.2, -0.15) is 9.40 Å². The van der Waals surface area contributed by atoms with Crippen LogP contribution in [0, 0.1) is 0 Å². The second-order valence-electron chi connectivity index (χ2n) is 5.22. The van der Waals surface area contributed by atoms with Crippen molar-refractivity contribution >= 4 is 15.8 Å². The van der Waals surface area contributed by atoms with Gasteiger partial charge in [0.2, 0.25) is 10.0 Å². The highest BCUT2D eigenvalue weighted by molar-refractivity contribution is 7.89. The van der Waals surface area contributed by atoms with Crippen LogP contribution in [0.2, 0.25) is 0 Å². The molecule has 2 rings (SSSR count). The summed E-state index contributed by atoms with van der Waals surface area (Å²) in [6.07, 6.45) is 2.13. The number of aromatic nitrogens is 2. The third-order valence-corrected chi connectivity index (χ3v) is 5.06. The highest BCUT2D eigenvalue weighted by Gasteiger charge is 2.34. The van der Waals surface area contributed by atoms with Crippen LogP contribution in [0.5, 0.6) is 0 Å². The van der Waals surface area contributed by atoms with Gasteiger partial charge in [0.05, 0.1) is 12.2 Å². The Labute approximate surface area is 119 Å². The predicted molar refractivity (Wildman–Crippen MR) is 75.7 cm³/mol. The lowest BCUT2D eigenvalue weighted by molar-refractivity contribution is -0.0440. The zero-order valence-electron chi connectivity index (χ0n) is 12.1. The summed E-state index contributed by atoms with van der Waals surface area (Å²) < 4.78 is 33.9. The highest BCUT2D eigenvalue weighted by Crippen LogP contribution is 2.24. The summed E-state index contributed by atoms with van der Waals surface area (Å²) in [5.41, 5.74) is 5.76. The maximum atomic E-state index is 12.7. The van der Waals surface area contributed by atoms with Gasteiger partial charge >= 0.3 is 0 Å². The smallest absolute Gasteiger partial charge is 0.248 e. The lowest BCUT2D eigenvalue weighted by Gasteiger charge is -2.34. The number of rotatable bonds is 4. The first kappa shape index (κ1) is 15.3. The van der Waals surface area contributed by atoms with Crippen LogP contribution in [0.3, 0.4) is 0 Å². The third-order valence-electron chi connectivity index (χ3n) is 3.21. The number of hydrogen-bond donors (Lipinski definition) is 1. The van der Waals surface area contributed by atoms with Gasteiger partial charge in [0.15, 0.2) is 5.82 Å². The van der Waals surface area contributed by atoms with E-state index in [1.165, 1.54) is 10.5 Å². The second kappa shape index (κ2) is 5.71. The van der Waals surface area contributed by atoms with Gasteiger partial charge in [-0.15, -0.1) is 0 Å². The van der Waals surface area contributed by atoms with Crippen molar-refractivity contribution in [2.24, 2.45) is 0 Å². The minimum atomic E-state index is -3.61. The first-order valence-corrected chi connectivity index (χ1v) is 8.27. The monoisotopic (exact) mass is 302 g/mol. The molecule has 0 radical (unpaired) electrons. The topological polar surface area (TPSA) is 90.5 Å². The molecule has 1 aliphatic rings. The molecule has 1 fully saturated rings. The van der Waals surface area contributed by atoms with Crippen molar-refractivity contribution in [1.29, 1.82) is 0 Å². The van der Waals surface area contributed by atoms with E-state index >= 15 is 0 Å². The van der Waals surface area contributed by atoms with Crippen LogP contribution < -0.4 is 5.73 Å². The van der Waals surface area contributed by atoms with Crippen molar-refractivity contribution in [2.75, 3.05) is 18.8 Å². The van der Waals surface area contributed by atoms with Gasteiger partial charge in [0.1, 0.15) is 4.90 Å². The van der Waals surface area contributed by atoms with Crippen LogP contribution in [0.4, 0.5) is 5.82 Å². The van der Waals surface area contributed by atoms with Crippen LogP contribution in [-0.4, -0.2) is 47.8 Å². The number of aryl methyl sites for hydroxylation is 1. The average molecular weight is 302 g/mol. The molecule has 0 amide bonds. The van der Waals surface area contributed by atoms with E-state index in [-0.39, 0.29) is 22.9 Å². The van der Waals surface area contributed by atoms with E-state index in [0.29, 0.717) is 19.6 Å². The van der Waals surface area contributed by atoms with E-state index < -0.39 is 10.0 Å². The largest absolute Gasteiger partial charge is 0.381 e. The Kier molecular flexibility index (Phi) is 4.36. The van der Waals surface area contributed by atoms with Gasteiger partial charge in [-0.3, -0.25) is 4.68 Å². The van der Waals surface area contributed by atoms with E-state index in [9.17, 15) is 8.42 Å². The van der Waals surface area contributed by atoms with Crippen LogP contribution in [0.15, 0.2) is 11.1 Å². The molecule has 7 nitrogen and oxygen atoms in total. The standard InChI is InChI=1S/C12H22N4O3S/c1-4-5-15-8-11(12(13)14-15)20(17,18)16-6-9(2)19-10(3)7-16/h8-10H,4-7H2,1-3H3,(H2,13,14). The minimum Gasteiger partial charge on any atom is -0.381 e. The van der Waals surface area contributed by atoms with Crippen molar-refractivity contribution in [1.82, 2.24) is 14.1 Å². The maximum Gasteiger partial charge on any atom is 0.248 e. The number of nitrogens with two attached hydrogens (primary N) is 1. The molecule has 0 aliphatic carbocycles. The SMILES string of the molecule is CCCn1cc(S(=O)(=O)N2CC(C)OC(C)C2)c(N)n1. The zero-order valence-corrected chi connectivity index (χ0v) is 12.9. The number of anilines is 1. The summed E-state index contributed by atoms with van der Waals surface area (Å²) in [6, 6.07) is 0. The number of morpholine rings is 1. The Hall–Kier alpha value is -1.12. The summed E-state index contributed by atoms with van der Waals surface area (Å²) in [5.74, 6) is 0.0604. The van der Waals surface area contributed by atoms with Crippen LogP contribution in [0.25, 0.3) is 0 Å². The molecule has 0 spiro atoms. The predicted octanol–water partition coefficient (Wildman–Crippen LogP) is 0.673. The number of sulfonamides is 1. The molecule has 2 heterocycles. The third kappa shape index (κ3) is 2.97. The zero-order chi connectivity index (χ0) is 14.9. The quantitative estimate of drug-likeness (QED) is 0.883. The fourth-order valence-electron chi connectivity index (χ4n) is 2.43. The van der Waals surface area contributed by atoms with Crippen molar-refractivity contribution < 1.29 is 13.2 Å². The Morgan fingerprint density at radius 3 is 2.55 bits per heavy atom.